The average molecular weight is 537 g/mol. The van der Waals surface area contributed by atoms with E-state index in [9.17, 15) is 4.79 Å². The molecule has 38 heavy (non-hydrogen) atoms. The normalized spacial score (nSPS) is 15.3. The number of pyridine rings is 2. The molecular formula is C28H40N8OS. The van der Waals surface area contributed by atoms with Crippen molar-refractivity contribution < 1.29 is 4.79 Å². The molecule has 3 aromatic rings. The number of hydrogen-bond donors (Lipinski definition) is 2. The van der Waals surface area contributed by atoms with Crippen LogP contribution in [0.15, 0.2) is 24.3 Å². The lowest BCUT2D eigenvalue weighted by molar-refractivity contribution is 0.0996. The van der Waals surface area contributed by atoms with Crippen molar-refractivity contribution in [3.05, 3.63) is 46.9 Å². The van der Waals surface area contributed by atoms with Crippen LogP contribution in [0.25, 0.3) is 11.5 Å². The fraction of sp³-hybridized carbons (Fsp3) is 0.536. The van der Waals surface area contributed by atoms with Gasteiger partial charge in [-0.15, -0.1) is 10.2 Å². The lowest BCUT2D eigenvalue weighted by atomic mass is 10.0. The minimum atomic E-state index is -0.232. The number of nitrogens with zero attached hydrogens (tertiary/aromatic N) is 7. The molecule has 0 aromatic carbocycles. The maximum atomic E-state index is 13.6. The van der Waals surface area contributed by atoms with Crippen molar-refractivity contribution in [1.82, 2.24) is 24.7 Å². The van der Waals surface area contributed by atoms with Gasteiger partial charge in [-0.2, -0.15) is 12.6 Å². The Labute approximate surface area is 231 Å². The first kappa shape index (κ1) is 28.0. The maximum Gasteiger partial charge on any atom is 0.260 e. The van der Waals surface area contributed by atoms with Crippen LogP contribution in [-0.2, 0) is 19.5 Å². The van der Waals surface area contributed by atoms with E-state index in [1.165, 1.54) is 0 Å². The number of carbonyl (C=O) groups is 1. The van der Waals surface area contributed by atoms with Crippen LogP contribution in [-0.4, -0.2) is 48.5 Å². The Bertz CT molecular complexity index is 1310. The topological polar surface area (TPSA) is 106 Å². The van der Waals surface area contributed by atoms with Gasteiger partial charge in [0.1, 0.15) is 23.2 Å². The molecule has 204 valence electrons. The molecule has 1 atom stereocenters. The second-order valence-electron chi connectivity index (χ2n) is 11.2. The molecule has 2 aliphatic rings. The number of rotatable bonds is 6. The predicted octanol–water partition coefficient (Wildman–Crippen LogP) is 4.81. The zero-order valence-electron chi connectivity index (χ0n) is 23.6. The monoisotopic (exact) mass is 536 g/mol. The van der Waals surface area contributed by atoms with Gasteiger partial charge >= 0.3 is 0 Å². The van der Waals surface area contributed by atoms with Gasteiger partial charge < -0.3 is 15.2 Å². The Kier molecular flexibility index (Phi) is 8.13. The number of thiol groups is 1. The van der Waals surface area contributed by atoms with Gasteiger partial charge in [-0.3, -0.25) is 9.69 Å². The van der Waals surface area contributed by atoms with Gasteiger partial charge in [0.2, 0.25) is 0 Å². The average Bonchev–Trinajstić information content (AvgIpc) is 3.56. The van der Waals surface area contributed by atoms with Crippen molar-refractivity contribution in [2.45, 2.75) is 90.7 Å². The van der Waals surface area contributed by atoms with E-state index in [1.54, 1.807) is 4.90 Å². The smallest absolute Gasteiger partial charge is 0.260 e. The number of amides is 1. The maximum absolute atomic E-state index is 13.6. The van der Waals surface area contributed by atoms with Crippen LogP contribution in [0.3, 0.4) is 0 Å². The van der Waals surface area contributed by atoms with E-state index in [-0.39, 0.29) is 22.7 Å². The van der Waals surface area contributed by atoms with E-state index in [0.29, 0.717) is 17.9 Å². The second kappa shape index (κ2) is 11.0. The summed E-state index contributed by atoms with van der Waals surface area (Å²) in [5.74, 6) is 3.03. The Morgan fingerprint density at radius 3 is 2.55 bits per heavy atom. The Morgan fingerprint density at radius 1 is 1.18 bits per heavy atom. The van der Waals surface area contributed by atoms with Gasteiger partial charge in [0.05, 0.1) is 17.8 Å². The fourth-order valence-electron chi connectivity index (χ4n) is 4.48. The molecule has 0 radical (unpaired) electrons. The first-order chi connectivity index (χ1) is 17.9. The van der Waals surface area contributed by atoms with Gasteiger partial charge in [0.25, 0.3) is 5.91 Å². The molecule has 9 nitrogen and oxygen atoms in total. The lowest BCUT2D eigenvalue weighted by Gasteiger charge is -2.25. The Balaban J connectivity index is 0.000000617. The molecule has 10 heteroatoms. The minimum Gasteiger partial charge on any atom is -0.357 e. The molecule has 2 N–H and O–H groups in total. The molecular weight excluding hydrogens is 496 g/mol. The third-order valence-electron chi connectivity index (χ3n) is 6.71. The zero-order chi connectivity index (χ0) is 27.8. The van der Waals surface area contributed by atoms with E-state index < -0.39 is 0 Å². The van der Waals surface area contributed by atoms with Gasteiger partial charge in [-0.25, -0.2) is 9.97 Å². The molecule has 0 saturated carbocycles. The highest BCUT2D eigenvalue weighted by molar-refractivity contribution is 7.81. The number of aromatic nitrogens is 5. The van der Waals surface area contributed by atoms with Crippen LogP contribution in [0.1, 0.15) is 87.9 Å². The summed E-state index contributed by atoms with van der Waals surface area (Å²) in [4.78, 5) is 27.0. The molecule has 0 saturated heterocycles. The molecule has 3 aromatic heterocycles. The summed E-state index contributed by atoms with van der Waals surface area (Å²) in [5.41, 5.74) is 9.50. The van der Waals surface area contributed by atoms with Crippen LogP contribution >= 0.6 is 12.6 Å². The SMILES string of the molecule is CC(C)(C)S.CCC(N)c1nc(N(C)C(C)C)cc2c1CN(c1cccc(-c3nnc4n3CCC4)n1)C2=O. The highest BCUT2D eigenvalue weighted by Gasteiger charge is 2.34. The molecule has 2 aliphatic heterocycles. The molecule has 5 rings (SSSR count). The second-order valence-corrected chi connectivity index (χ2v) is 12.6. The summed E-state index contributed by atoms with van der Waals surface area (Å²) in [7, 11) is 1.99. The van der Waals surface area contributed by atoms with E-state index >= 15 is 0 Å². The Hall–Kier alpha value is -2.98. The van der Waals surface area contributed by atoms with Crippen molar-refractivity contribution >= 4 is 30.2 Å². The first-order valence-corrected chi connectivity index (χ1v) is 13.8. The van der Waals surface area contributed by atoms with Crippen LogP contribution in [0, 0.1) is 0 Å². The number of anilines is 2. The van der Waals surface area contributed by atoms with Crippen molar-refractivity contribution in [2.75, 3.05) is 16.8 Å². The highest BCUT2D eigenvalue weighted by Crippen LogP contribution is 2.35. The molecule has 0 spiro atoms. The van der Waals surface area contributed by atoms with Gasteiger partial charge in [0, 0.05) is 42.4 Å². The van der Waals surface area contributed by atoms with Crippen LogP contribution in [0.2, 0.25) is 0 Å². The van der Waals surface area contributed by atoms with E-state index in [0.717, 1.165) is 60.2 Å². The summed E-state index contributed by atoms with van der Waals surface area (Å²) in [6, 6.07) is 7.60. The molecule has 0 bridgehead atoms. The largest absolute Gasteiger partial charge is 0.357 e. The lowest BCUT2D eigenvalue weighted by Crippen LogP contribution is -2.28. The molecule has 0 aliphatic carbocycles. The third kappa shape index (κ3) is 5.86. The number of carbonyl (C=O) groups excluding carboxylic acids is 1. The van der Waals surface area contributed by atoms with Crippen molar-refractivity contribution in [1.29, 1.82) is 0 Å². The zero-order valence-corrected chi connectivity index (χ0v) is 24.5. The van der Waals surface area contributed by atoms with Crippen LogP contribution < -0.4 is 15.5 Å². The van der Waals surface area contributed by atoms with Gasteiger partial charge in [0.15, 0.2) is 5.82 Å². The van der Waals surface area contributed by atoms with Crippen LogP contribution in [0.5, 0.6) is 0 Å². The van der Waals surface area contributed by atoms with Crippen molar-refractivity contribution in [3.63, 3.8) is 0 Å². The summed E-state index contributed by atoms with van der Waals surface area (Å²) < 4.78 is 2.31. The molecule has 1 amide bonds. The number of aryl methyl sites for hydroxylation is 1. The molecule has 0 fully saturated rings. The fourth-order valence-corrected chi connectivity index (χ4v) is 4.48. The standard InChI is InChI=1S/C24H30N8O.C4H10S/c1-5-17(25)22-16-13-32(24(33)15(16)12-21(27-22)30(4)14(2)3)19-9-6-8-18(26-19)23-29-28-20-10-7-11-31(20)23;1-4(2,3)5/h6,8-9,12,14,17H,5,7,10-11,13,25H2,1-4H3;5H,1-3H3. The quantitative estimate of drug-likeness (QED) is 0.436. The summed E-state index contributed by atoms with van der Waals surface area (Å²) in [6.45, 7) is 13.7. The minimum absolute atomic E-state index is 0.0773. The van der Waals surface area contributed by atoms with Crippen LogP contribution in [0.4, 0.5) is 11.6 Å². The number of fused-ring (bicyclic) bond motifs is 2. The van der Waals surface area contributed by atoms with E-state index in [1.807, 2.05) is 38.2 Å². The van der Waals surface area contributed by atoms with E-state index in [4.69, 9.17) is 15.7 Å². The van der Waals surface area contributed by atoms with Crippen molar-refractivity contribution in [3.8, 4) is 11.5 Å². The summed E-state index contributed by atoms with van der Waals surface area (Å²) in [5, 5.41) is 8.64. The predicted molar refractivity (Wildman–Crippen MR) is 156 cm³/mol. The third-order valence-corrected chi connectivity index (χ3v) is 6.71. The Morgan fingerprint density at radius 2 is 1.89 bits per heavy atom. The van der Waals surface area contributed by atoms with Gasteiger partial charge in [-0.05, 0) is 44.9 Å². The van der Waals surface area contributed by atoms with Gasteiger partial charge in [-0.1, -0.05) is 33.8 Å². The first-order valence-electron chi connectivity index (χ1n) is 13.3. The summed E-state index contributed by atoms with van der Waals surface area (Å²) >= 11 is 4.12. The number of nitrogens with two attached hydrogens (primary N) is 1. The molecule has 1 unspecified atom stereocenters. The summed E-state index contributed by atoms with van der Waals surface area (Å²) in [6.07, 6.45) is 2.75. The number of hydrogen-bond acceptors (Lipinski definition) is 8. The van der Waals surface area contributed by atoms with Crippen molar-refractivity contribution in [2.24, 2.45) is 5.73 Å². The highest BCUT2D eigenvalue weighted by atomic mass is 32.1. The van der Waals surface area contributed by atoms with E-state index in [2.05, 4.69) is 66.9 Å². The molecule has 5 heterocycles.